The molecular weight excluding hydrogens is 394 g/mol. The fourth-order valence-corrected chi connectivity index (χ4v) is 4.53. The van der Waals surface area contributed by atoms with Crippen LogP contribution in [0.15, 0.2) is 12.1 Å². The topological polar surface area (TPSA) is 20.7 Å². The minimum Gasteiger partial charge on any atom is -0.331 e. The summed E-state index contributed by atoms with van der Waals surface area (Å²) in [6, 6.07) is 3.42. The highest BCUT2D eigenvalue weighted by atomic mass is 127. The molecule has 1 N–H and O–H groups in total. The highest BCUT2D eigenvalue weighted by molar-refractivity contribution is 14.1. The van der Waals surface area contributed by atoms with Crippen molar-refractivity contribution in [3.8, 4) is 0 Å². The Hall–Kier alpha value is -0.0800. The van der Waals surface area contributed by atoms with Crippen molar-refractivity contribution in [1.82, 2.24) is 9.55 Å². The third-order valence-corrected chi connectivity index (χ3v) is 6.01. The molecule has 1 unspecified atom stereocenters. The summed E-state index contributed by atoms with van der Waals surface area (Å²) in [6.45, 7) is 0.879. The van der Waals surface area contributed by atoms with Gasteiger partial charge in [-0.2, -0.15) is 11.8 Å². The lowest BCUT2D eigenvalue weighted by Gasteiger charge is -2.21. The number of fused-ring (bicyclic) bond motifs is 1. The van der Waals surface area contributed by atoms with Gasteiger partial charge in [-0.15, -0.1) is 0 Å². The molecule has 1 aromatic heterocycles. The van der Waals surface area contributed by atoms with Crippen LogP contribution in [0.4, 0.5) is 4.39 Å². The van der Waals surface area contributed by atoms with E-state index in [2.05, 4.69) is 4.98 Å². The van der Waals surface area contributed by atoms with E-state index in [4.69, 9.17) is 12.2 Å². The molecule has 102 valence electrons. The molecule has 1 aromatic carbocycles. The zero-order valence-electron chi connectivity index (χ0n) is 10.3. The Balaban J connectivity index is 2.00. The first-order valence-corrected chi connectivity index (χ1v) is 8.88. The summed E-state index contributed by atoms with van der Waals surface area (Å²) in [7, 11) is 0. The van der Waals surface area contributed by atoms with E-state index in [1.54, 1.807) is 6.07 Å². The summed E-state index contributed by atoms with van der Waals surface area (Å²) in [5.74, 6) is 1.05. The molecule has 0 spiro atoms. The van der Waals surface area contributed by atoms with E-state index in [1.165, 1.54) is 25.0 Å². The van der Waals surface area contributed by atoms with Crippen molar-refractivity contribution in [3.63, 3.8) is 0 Å². The summed E-state index contributed by atoms with van der Waals surface area (Å²) < 4.78 is 17.1. The average molecular weight is 408 g/mol. The van der Waals surface area contributed by atoms with E-state index in [9.17, 15) is 4.39 Å². The predicted molar refractivity (Wildman–Crippen MR) is 89.9 cm³/mol. The average Bonchev–Trinajstić information content (AvgIpc) is 2.68. The molecule has 6 heteroatoms. The highest BCUT2D eigenvalue weighted by Crippen LogP contribution is 2.28. The van der Waals surface area contributed by atoms with Crippen LogP contribution >= 0.6 is 46.6 Å². The molecule has 1 atom stereocenters. The van der Waals surface area contributed by atoms with Gasteiger partial charge in [0.05, 0.1) is 14.6 Å². The normalized spacial score (nSPS) is 20.0. The maximum absolute atomic E-state index is 13.7. The SMILES string of the molecule is Fc1cc2c(cc1I)[nH]c(=S)n2CC1CCCCS1. The number of aromatic amines is 1. The summed E-state index contributed by atoms with van der Waals surface area (Å²) in [5.41, 5.74) is 1.81. The van der Waals surface area contributed by atoms with Crippen molar-refractivity contribution in [2.24, 2.45) is 0 Å². The van der Waals surface area contributed by atoms with Gasteiger partial charge in [0.15, 0.2) is 4.77 Å². The molecule has 3 rings (SSSR count). The Bertz CT molecular complexity index is 658. The molecule has 1 aliphatic heterocycles. The van der Waals surface area contributed by atoms with E-state index in [0.29, 0.717) is 13.6 Å². The van der Waals surface area contributed by atoms with E-state index in [1.807, 2.05) is 45.0 Å². The van der Waals surface area contributed by atoms with Gasteiger partial charge in [-0.3, -0.25) is 0 Å². The Kier molecular flexibility index (Phi) is 4.19. The van der Waals surface area contributed by atoms with Crippen LogP contribution in [0.2, 0.25) is 0 Å². The lowest BCUT2D eigenvalue weighted by Crippen LogP contribution is -2.17. The number of benzene rings is 1. The van der Waals surface area contributed by atoms with Crippen LogP contribution in [0.3, 0.4) is 0 Å². The summed E-state index contributed by atoms with van der Waals surface area (Å²) >= 11 is 9.40. The number of halogens is 2. The van der Waals surface area contributed by atoms with Crippen molar-refractivity contribution >= 4 is 57.6 Å². The van der Waals surface area contributed by atoms with Crippen molar-refractivity contribution in [2.75, 3.05) is 5.75 Å². The number of hydrogen-bond donors (Lipinski definition) is 1. The van der Waals surface area contributed by atoms with Gasteiger partial charge in [-0.25, -0.2) is 4.39 Å². The molecule has 1 aliphatic rings. The molecule has 2 aromatic rings. The van der Waals surface area contributed by atoms with Gasteiger partial charge in [0.25, 0.3) is 0 Å². The molecule has 0 amide bonds. The Morgan fingerprint density at radius 3 is 3.05 bits per heavy atom. The molecule has 0 saturated carbocycles. The molecule has 0 bridgehead atoms. The summed E-state index contributed by atoms with van der Waals surface area (Å²) in [6.07, 6.45) is 3.83. The minimum atomic E-state index is -0.174. The number of nitrogens with one attached hydrogen (secondary N) is 1. The van der Waals surface area contributed by atoms with Gasteiger partial charge in [0.1, 0.15) is 5.82 Å². The molecule has 1 saturated heterocycles. The molecular formula is C13H14FIN2S2. The van der Waals surface area contributed by atoms with Crippen molar-refractivity contribution in [2.45, 2.75) is 31.1 Å². The van der Waals surface area contributed by atoms with Gasteiger partial charge >= 0.3 is 0 Å². The fourth-order valence-electron chi connectivity index (χ4n) is 2.49. The van der Waals surface area contributed by atoms with E-state index in [0.717, 1.165) is 17.6 Å². The van der Waals surface area contributed by atoms with Gasteiger partial charge in [-0.05, 0) is 59.5 Å². The van der Waals surface area contributed by atoms with Crippen molar-refractivity contribution in [3.05, 3.63) is 26.3 Å². The minimum absolute atomic E-state index is 0.174. The first-order valence-electron chi connectivity index (χ1n) is 6.34. The maximum atomic E-state index is 13.7. The lowest BCUT2D eigenvalue weighted by atomic mass is 10.2. The van der Waals surface area contributed by atoms with E-state index < -0.39 is 0 Å². The molecule has 0 aliphatic carbocycles. The smallest absolute Gasteiger partial charge is 0.178 e. The van der Waals surface area contributed by atoms with Crippen LogP contribution in [0.5, 0.6) is 0 Å². The fraction of sp³-hybridized carbons (Fsp3) is 0.462. The van der Waals surface area contributed by atoms with Crippen LogP contribution in [-0.4, -0.2) is 20.6 Å². The quantitative estimate of drug-likeness (QED) is 0.573. The third-order valence-electron chi connectivity index (χ3n) is 3.48. The largest absolute Gasteiger partial charge is 0.331 e. The molecule has 19 heavy (non-hydrogen) atoms. The van der Waals surface area contributed by atoms with Gasteiger partial charge in [0.2, 0.25) is 0 Å². The Morgan fingerprint density at radius 2 is 2.32 bits per heavy atom. The van der Waals surface area contributed by atoms with Gasteiger partial charge in [-0.1, -0.05) is 6.42 Å². The van der Waals surface area contributed by atoms with Gasteiger partial charge < -0.3 is 9.55 Å². The summed E-state index contributed by atoms with van der Waals surface area (Å²) in [4.78, 5) is 3.18. The van der Waals surface area contributed by atoms with Crippen LogP contribution in [0.1, 0.15) is 19.3 Å². The predicted octanol–water partition coefficient (Wildman–Crippen LogP) is 4.73. The van der Waals surface area contributed by atoms with Crippen molar-refractivity contribution in [1.29, 1.82) is 0 Å². The second kappa shape index (κ2) is 5.73. The molecule has 2 heterocycles. The Labute approximate surface area is 134 Å². The second-order valence-corrected chi connectivity index (χ2v) is 7.77. The van der Waals surface area contributed by atoms with Gasteiger partial charge in [0, 0.05) is 17.9 Å². The monoisotopic (exact) mass is 408 g/mol. The first kappa shape index (κ1) is 13.9. The van der Waals surface area contributed by atoms with Crippen LogP contribution in [0, 0.1) is 14.2 Å². The molecule has 1 fully saturated rings. The third kappa shape index (κ3) is 2.85. The number of hydrogen-bond acceptors (Lipinski definition) is 2. The zero-order chi connectivity index (χ0) is 13.4. The van der Waals surface area contributed by atoms with Crippen LogP contribution in [-0.2, 0) is 6.54 Å². The van der Waals surface area contributed by atoms with Crippen molar-refractivity contribution < 1.29 is 4.39 Å². The number of imidazole rings is 1. The number of rotatable bonds is 2. The number of nitrogens with zero attached hydrogens (tertiary/aromatic N) is 1. The second-order valence-electron chi connectivity index (χ2n) is 4.81. The summed E-state index contributed by atoms with van der Waals surface area (Å²) in [5, 5.41) is 0.599. The number of thioether (sulfide) groups is 1. The zero-order valence-corrected chi connectivity index (χ0v) is 14.1. The lowest BCUT2D eigenvalue weighted by molar-refractivity contribution is 0.585. The first-order chi connectivity index (χ1) is 9.15. The highest BCUT2D eigenvalue weighted by Gasteiger charge is 2.17. The Morgan fingerprint density at radius 1 is 1.47 bits per heavy atom. The molecule has 0 radical (unpaired) electrons. The standard InChI is InChI=1S/C13H14FIN2S2/c14-9-5-12-11(6-10(9)15)16-13(18)17(12)7-8-3-1-2-4-19-8/h5-6,8H,1-4,7H2,(H,16,18). The molecule has 2 nitrogen and oxygen atoms in total. The van der Waals surface area contributed by atoms with Crippen LogP contribution in [0.25, 0.3) is 11.0 Å². The van der Waals surface area contributed by atoms with Crippen LogP contribution < -0.4 is 0 Å². The number of aromatic nitrogens is 2. The van der Waals surface area contributed by atoms with E-state index in [-0.39, 0.29) is 5.82 Å². The van der Waals surface area contributed by atoms with E-state index >= 15 is 0 Å². The maximum Gasteiger partial charge on any atom is 0.178 e. The number of H-pyrrole nitrogens is 1.